The molecular weight excluding hydrogens is 302 g/mol. The Bertz CT molecular complexity index is 578. The maximum absolute atomic E-state index is 11.7. The molecule has 0 saturated carbocycles. The van der Waals surface area contributed by atoms with Crippen molar-refractivity contribution in [2.24, 2.45) is 0 Å². The second-order valence-electron chi connectivity index (χ2n) is 4.22. The average molecular weight is 319 g/mol. The summed E-state index contributed by atoms with van der Waals surface area (Å²) in [5, 5.41) is 4.48. The second kappa shape index (κ2) is 8.69. The number of nitrogens with zero attached hydrogens (tertiary/aromatic N) is 2. The topological polar surface area (TPSA) is 54.9 Å². The highest BCUT2D eigenvalue weighted by Crippen LogP contribution is 2.32. The van der Waals surface area contributed by atoms with Gasteiger partial charge in [0.2, 0.25) is 5.91 Å². The molecule has 0 atom stereocenters. The third-order valence-corrected chi connectivity index (χ3v) is 4.61. The van der Waals surface area contributed by atoms with Crippen LogP contribution in [0.1, 0.15) is 13.3 Å². The summed E-state index contributed by atoms with van der Waals surface area (Å²) < 4.78 is 0. The lowest BCUT2D eigenvalue weighted by Crippen LogP contribution is -2.25. The molecule has 0 aliphatic heterocycles. The van der Waals surface area contributed by atoms with Crippen LogP contribution in [-0.4, -0.2) is 28.2 Å². The predicted molar refractivity (Wildman–Crippen MR) is 86.6 cm³/mol. The third-order valence-electron chi connectivity index (χ3n) is 2.50. The van der Waals surface area contributed by atoms with Gasteiger partial charge >= 0.3 is 0 Å². The Kier molecular flexibility index (Phi) is 6.56. The Morgan fingerprint density at radius 1 is 1.14 bits per heavy atom. The van der Waals surface area contributed by atoms with Crippen LogP contribution >= 0.6 is 23.5 Å². The Labute approximate surface area is 133 Å². The molecular formula is C15H17N3OS2. The molecule has 0 aliphatic carbocycles. The van der Waals surface area contributed by atoms with E-state index in [2.05, 4.69) is 15.3 Å². The van der Waals surface area contributed by atoms with E-state index in [4.69, 9.17) is 0 Å². The highest BCUT2D eigenvalue weighted by atomic mass is 32.2. The van der Waals surface area contributed by atoms with E-state index < -0.39 is 0 Å². The van der Waals surface area contributed by atoms with Crippen LogP contribution in [0.3, 0.4) is 0 Å². The predicted octanol–water partition coefficient (Wildman–Crippen LogP) is 3.25. The van der Waals surface area contributed by atoms with Gasteiger partial charge in [-0.05, 0) is 18.6 Å². The number of thioether (sulfide) groups is 1. The van der Waals surface area contributed by atoms with Gasteiger partial charge in [-0.15, -0.1) is 0 Å². The first-order chi connectivity index (χ1) is 10.3. The highest BCUT2D eigenvalue weighted by Gasteiger charge is 2.10. The molecule has 0 spiro atoms. The molecule has 0 saturated heterocycles. The SMILES string of the molecule is CCCNC(=O)CSc1nccnc1Sc1ccccc1. The zero-order valence-corrected chi connectivity index (χ0v) is 13.4. The van der Waals surface area contributed by atoms with Crippen molar-refractivity contribution < 1.29 is 4.79 Å². The zero-order valence-electron chi connectivity index (χ0n) is 11.8. The quantitative estimate of drug-likeness (QED) is 0.794. The Balaban J connectivity index is 1.98. The van der Waals surface area contributed by atoms with E-state index in [0.717, 1.165) is 21.4 Å². The van der Waals surface area contributed by atoms with Crippen molar-refractivity contribution in [3.8, 4) is 0 Å². The maximum Gasteiger partial charge on any atom is 0.230 e. The van der Waals surface area contributed by atoms with Gasteiger partial charge in [-0.25, -0.2) is 9.97 Å². The lowest BCUT2D eigenvalue weighted by molar-refractivity contribution is -0.118. The van der Waals surface area contributed by atoms with Gasteiger partial charge in [-0.3, -0.25) is 4.79 Å². The molecule has 0 radical (unpaired) electrons. The molecule has 2 aromatic rings. The molecule has 2 rings (SSSR count). The Morgan fingerprint density at radius 3 is 2.57 bits per heavy atom. The van der Waals surface area contributed by atoms with Crippen LogP contribution in [0, 0.1) is 0 Å². The number of nitrogens with one attached hydrogen (secondary N) is 1. The maximum atomic E-state index is 11.7. The van der Waals surface area contributed by atoms with E-state index in [1.165, 1.54) is 11.8 Å². The van der Waals surface area contributed by atoms with Gasteiger partial charge in [0.25, 0.3) is 0 Å². The van der Waals surface area contributed by atoms with Crippen LogP contribution < -0.4 is 5.32 Å². The summed E-state index contributed by atoms with van der Waals surface area (Å²) in [4.78, 5) is 21.5. The van der Waals surface area contributed by atoms with Crippen molar-refractivity contribution in [3.63, 3.8) is 0 Å². The summed E-state index contributed by atoms with van der Waals surface area (Å²) in [6, 6.07) is 10.0. The highest BCUT2D eigenvalue weighted by molar-refractivity contribution is 8.02. The fourth-order valence-electron chi connectivity index (χ4n) is 1.53. The third kappa shape index (κ3) is 5.40. The zero-order chi connectivity index (χ0) is 14.9. The van der Waals surface area contributed by atoms with Crippen molar-refractivity contribution in [1.82, 2.24) is 15.3 Å². The molecule has 0 bridgehead atoms. The van der Waals surface area contributed by atoms with E-state index >= 15 is 0 Å². The summed E-state index contributed by atoms with van der Waals surface area (Å²) in [5.74, 6) is 0.393. The van der Waals surface area contributed by atoms with Crippen molar-refractivity contribution in [1.29, 1.82) is 0 Å². The van der Waals surface area contributed by atoms with E-state index in [9.17, 15) is 4.79 Å². The van der Waals surface area contributed by atoms with Gasteiger partial charge in [0.15, 0.2) is 0 Å². The summed E-state index contributed by atoms with van der Waals surface area (Å²) in [5.41, 5.74) is 0. The monoisotopic (exact) mass is 319 g/mol. The van der Waals surface area contributed by atoms with Crippen LogP contribution in [-0.2, 0) is 4.79 Å². The number of carbonyl (C=O) groups excluding carboxylic acids is 1. The molecule has 0 unspecified atom stereocenters. The first kappa shape index (κ1) is 15.9. The van der Waals surface area contributed by atoms with Crippen molar-refractivity contribution >= 4 is 29.4 Å². The van der Waals surface area contributed by atoms with Gasteiger partial charge in [0.1, 0.15) is 10.1 Å². The molecule has 0 fully saturated rings. The first-order valence-electron chi connectivity index (χ1n) is 6.73. The van der Waals surface area contributed by atoms with Crippen LogP contribution in [0.4, 0.5) is 0 Å². The van der Waals surface area contributed by atoms with Crippen molar-refractivity contribution in [2.45, 2.75) is 28.3 Å². The summed E-state index contributed by atoms with van der Waals surface area (Å²) in [6.45, 7) is 2.75. The smallest absolute Gasteiger partial charge is 0.230 e. The molecule has 1 aromatic heterocycles. The summed E-state index contributed by atoms with van der Waals surface area (Å²) >= 11 is 2.98. The molecule has 1 amide bonds. The van der Waals surface area contributed by atoms with E-state index in [1.807, 2.05) is 37.3 Å². The van der Waals surface area contributed by atoms with Crippen LogP contribution in [0.2, 0.25) is 0 Å². The minimum Gasteiger partial charge on any atom is -0.355 e. The molecule has 6 heteroatoms. The number of hydrogen-bond donors (Lipinski definition) is 1. The molecule has 0 aliphatic rings. The summed E-state index contributed by atoms with van der Waals surface area (Å²) in [6.07, 6.45) is 4.27. The van der Waals surface area contributed by atoms with Gasteiger partial charge in [-0.2, -0.15) is 0 Å². The average Bonchev–Trinajstić information content (AvgIpc) is 2.53. The Hall–Kier alpha value is -1.53. The van der Waals surface area contributed by atoms with E-state index in [0.29, 0.717) is 12.3 Å². The minimum atomic E-state index is 0.0307. The minimum absolute atomic E-state index is 0.0307. The largest absolute Gasteiger partial charge is 0.355 e. The van der Waals surface area contributed by atoms with Crippen molar-refractivity contribution in [2.75, 3.05) is 12.3 Å². The number of carbonyl (C=O) groups is 1. The standard InChI is InChI=1S/C15H17N3OS2/c1-2-8-16-13(19)11-20-14-15(18-10-9-17-14)21-12-6-4-3-5-7-12/h3-7,9-10H,2,8,11H2,1H3,(H,16,19). The Morgan fingerprint density at radius 2 is 1.86 bits per heavy atom. The fourth-order valence-corrected chi connectivity index (χ4v) is 3.28. The second-order valence-corrected chi connectivity index (χ2v) is 6.25. The van der Waals surface area contributed by atoms with Gasteiger partial charge in [-0.1, -0.05) is 48.6 Å². The normalized spacial score (nSPS) is 10.3. The van der Waals surface area contributed by atoms with Crippen molar-refractivity contribution in [3.05, 3.63) is 42.7 Å². The van der Waals surface area contributed by atoms with Gasteiger partial charge in [0.05, 0.1) is 5.75 Å². The molecule has 21 heavy (non-hydrogen) atoms. The van der Waals surface area contributed by atoms with Crippen LogP contribution in [0.25, 0.3) is 0 Å². The molecule has 1 heterocycles. The number of amides is 1. The molecule has 4 nitrogen and oxygen atoms in total. The molecule has 1 N–H and O–H groups in total. The molecule has 110 valence electrons. The van der Waals surface area contributed by atoms with Gasteiger partial charge in [0, 0.05) is 23.8 Å². The van der Waals surface area contributed by atoms with E-state index in [-0.39, 0.29) is 5.91 Å². The molecule has 1 aromatic carbocycles. The fraction of sp³-hybridized carbons (Fsp3) is 0.267. The van der Waals surface area contributed by atoms with Gasteiger partial charge < -0.3 is 5.32 Å². The number of hydrogen-bond acceptors (Lipinski definition) is 5. The van der Waals surface area contributed by atoms with Crippen LogP contribution in [0.5, 0.6) is 0 Å². The lowest BCUT2D eigenvalue weighted by atomic mass is 10.4. The lowest BCUT2D eigenvalue weighted by Gasteiger charge is -2.07. The number of benzene rings is 1. The number of aromatic nitrogens is 2. The first-order valence-corrected chi connectivity index (χ1v) is 8.53. The van der Waals surface area contributed by atoms with E-state index in [1.54, 1.807) is 24.2 Å². The summed E-state index contributed by atoms with van der Waals surface area (Å²) in [7, 11) is 0. The number of rotatable bonds is 7. The van der Waals surface area contributed by atoms with Crippen LogP contribution in [0.15, 0.2) is 57.7 Å².